The Morgan fingerprint density at radius 3 is 2.84 bits per heavy atom. The third kappa shape index (κ3) is 2.93. The number of nitrogens with zero attached hydrogens (tertiary/aromatic N) is 3. The van der Waals surface area contributed by atoms with E-state index in [0.717, 1.165) is 48.4 Å². The van der Waals surface area contributed by atoms with Crippen molar-refractivity contribution in [2.24, 2.45) is 5.92 Å². The van der Waals surface area contributed by atoms with Crippen LogP contribution >= 0.6 is 0 Å². The van der Waals surface area contributed by atoms with Crippen LogP contribution in [0.1, 0.15) is 24.9 Å². The minimum absolute atomic E-state index is 0.0103. The SMILES string of the molecule is CCc1cn2c(n1)CC(C(=O)N(C)c1ccc3ccccc3c1)CC2. The molecular weight excluding hydrogens is 310 g/mol. The highest BCUT2D eigenvalue weighted by Gasteiger charge is 2.28. The van der Waals surface area contributed by atoms with Crippen LogP contribution in [0.3, 0.4) is 0 Å². The molecule has 0 N–H and O–H groups in total. The normalized spacial score (nSPS) is 16.6. The molecule has 1 amide bonds. The highest BCUT2D eigenvalue weighted by atomic mass is 16.2. The lowest BCUT2D eigenvalue weighted by atomic mass is 9.96. The molecule has 0 spiro atoms. The molecule has 0 aliphatic carbocycles. The number of benzene rings is 2. The van der Waals surface area contributed by atoms with Gasteiger partial charge in [0.2, 0.25) is 5.91 Å². The van der Waals surface area contributed by atoms with Gasteiger partial charge in [0, 0.05) is 37.8 Å². The summed E-state index contributed by atoms with van der Waals surface area (Å²) >= 11 is 0. The van der Waals surface area contributed by atoms with E-state index in [-0.39, 0.29) is 11.8 Å². The molecule has 1 aliphatic heterocycles. The van der Waals surface area contributed by atoms with Gasteiger partial charge in [-0.3, -0.25) is 4.79 Å². The van der Waals surface area contributed by atoms with Crippen molar-refractivity contribution < 1.29 is 4.79 Å². The highest BCUT2D eigenvalue weighted by molar-refractivity contribution is 5.97. The van der Waals surface area contributed by atoms with Crippen molar-refractivity contribution in [3.63, 3.8) is 0 Å². The smallest absolute Gasteiger partial charge is 0.230 e. The molecule has 3 aromatic rings. The molecule has 0 bridgehead atoms. The van der Waals surface area contributed by atoms with Gasteiger partial charge in [0.25, 0.3) is 0 Å². The zero-order chi connectivity index (χ0) is 17.4. The van der Waals surface area contributed by atoms with Gasteiger partial charge in [-0.05, 0) is 35.7 Å². The van der Waals surface area contributed by atoms with Gasteiger partial charge in [-0.25, -0.2) is 4.98 Å². The van der Waals surface area contributed by atoms with Crippen molar-refractivity contribution >= 4 is 22.4 Å². The van der Waals surface area contributed by atoms with Crippen LogP contribution in [-0.2, 0) is 24.2 Å². The van der Waals surface area contributed by atoms with Crippen LogP contribution < -0.4 is 4.90 Å². The Hall–Kier alpha value is -2.62. The van der Waals surface area contributed by atoms with Gasteiger partial charge in [0.05, 0.1) is 5.69 Å². The second-order valence-corrected chi connectivity index (χ2v) is 6.81. The number of carbonyl (C=O) groups is 1. The fourth-order valence-corrected chi connectivity index (χ4v) is 3.65. The number of aromatic nitrogens is 2. The number of hydrogen-bond acceptors (Lipinski definition) is 2. The van der Waals surface area contributed by atoms with Crippen LogP contribution in [-0.4, -0.2) is 22.5 Å². The first-order chi connectivity index (χ1) is 12.2. The third-order valence-electron chi connectivity index (χ3n) is 5.22. The fraction of sp³-hybridized carbons (Fsp3) is 0.333. The van der Waals surface area contributed by atoms with Crippen LogP contribution in [0, 0.1) is 5.92 Å². The van der Waals surface area contributed by atoms with E-state index >= 15 is 0 Å². The Morgan fingerprint density at radius 2 is 2.04 bits per heavy atom. The first kappa shape index (κ1) is 15.9. The Kier molecular flexibility index (Phi) is 4.04. The van der Waals surface area contributed by atoms with E-state index in [2.05, 4.69) is 46.9 Å². The Labute approximate surface area is 148 Å². The molecule has 0 saturated heterocycles. The molecule has 1 atom stereocenters. The van der Waals surface area contributed by atoms with Crippen LogP contribution in [0.5, 0.6) is 0 Å². The van der Waals surface area contributed by atoms with E-state index in [1.807, 2.05) is 25.2 Å². The van der Waals surface area contributed by atoms with Crippen LogP contribution in [0.15, 0.2) is 48.7 Å². The summed E-state index contributed by atoms with van der Waals surface area (Å²) in [6.07, 6.45) is 4.68. The maximum atomic E-state index is 13.0. The summed E-state index contributed by atoms with van der Waals surface area (Å²) in [5, 5.41) is 2.35. The van der Waals surface area contributed by atoms with Crippen molar-refractivity contribution in [3.05, 3.63) is 60.2 Å². The molecule has 4 nitrogen and oxygen atoms in total. The highest BCUT2D eigenvalue weighted by Crippen LogP contribution is 2.26. The van der Waals surface area contributed by atoms with Crippen molar-refractivity contribution in [1.29, 1.82) is 0 Å². The van der Waals surface area contributed by atoms with E-state index in [0.29, 0.717) is 0 Å². The summed E-state index contributed by atoms with van der Waals surface area (Å²) in [7, 11) is 1.88. The first-order valence-corrected chi connectivity index (χ1v) is 8.97. The number of rotatable bonds is 3. The third-order valence-corrected chi connectivity index (χ3v) is 5.22. The molecule has 4 rings (SSSR count). The topological polar surface area (TPSA) is 38.1 Å². The lowest BCUT2D eigenvalue weighted by Gasteiger charge is -2.27. The predicted molar refractivity (Wildman–Crippen MR) is 101 cm³/mol. The van der Waals surface area contributed by atoms with E-state index in [1.54, 1.807) is 4.90 Å². The van der Waals surface area contributed by atoms with Gasteiger partial charge in [-0.15, -0.1) is 0 Å². The van der Waals surface area contributed by atoms with Gasteiger partial charge in [-0.2, -0.15) is 0 Å². The molecule has 1 aromatic heterocycles. The molecule has 1 unspecified atom stereocenters. The Bertz CT molecular complexity index is 928. The molecule has 4 heteroatoms. The second-order valence-electron chi connectivity index (χ2n) is 6.81. The minimum atomic E-state index is 0.0103. The van der Waals surface area contributed by atoms with Crippen molar-refractivity contribution in [3.8, 4) is 0 Å². The summed E-state index contributed by atoms with van der Waals surface area (Å²) in [5.41, 5.74) is 2.07. The molecule has 2 heterocycles. The van der Waals surface area contributed by atoms with Crippen LogP contribution in [0.25, 0.3) is 10.8 Å². The van der Waals surface area contributed by atoms with Crippen molar-refractivity contribution in [1.82, 2.24) is 9.55 Å². The lowest BCUT2D eigenvalue weighted by molar-refractivity contribution is -0.122. The maximum Gasteiger partial charge on any atom is 0.230 e. The van der Waals surface area contributed by atoms with E-state index < -0.39 is 0 Å². The summed E-state index contributed by atoms with van der Waals surface area (Å²) < 4.78 is 2.21. The van der Waals surface area contributed by atoms with E-state index in [1.165, 1.54) is 5.39 Å². The number of anilines is 1. The Balaban J connectivity index is 1.55. The summed E-state index contributed by atoms with van der Waals surface area (Å²) in [6.45, 7) is 2.99. The largest absolute Gasteiger partial charge is 0.335 e. The molecule has 2 aromatic carbocycles. The molecule has 25 heavy (non-hydrogen) atoms. The van der Waals surface area contributed by atoms with Gasteiger partial charge in [0.15, 0.2) is 0 Å². The average Bonchev–Trinajstić information content (AvgIpc) is 3.08. The summed E-state index contributed by atoms with van der Waals surface area (Å²) in [6, 6.07) is 14.4. The molecular formula is C21H23N3O. The quantitative estimate of drug-likeness (QED) is 0.731. The van der Waals surface area contributed by atoms with Crippen molar-refractivity contribution in [2.75, 3.05) is 11.9 Å². The number of imidazole rings is 1. The monoisotopic (exact) mass is 333 g/mol. The molecule has 128 valence electrons. The fourth-order valence-electron chi connectivity index (χ4n) is 3.65. The Morgan fingerprint density at radius 1 is 1.24 bits per heavy atom. The molecule has 1 aliphatic rings. The predicted octanol–water partition coefficient (Wildman–Crippen LogP) is 3.82. The van der Waals surface area contributed by atoms with Crippen LogP contribution in [0.2, 0.25) is 0 Å². The summed E-state index contributed by atoms with van der Waals surface area (Å²) in [5.74, 6) is 1.24. The zero-order valence-corrected chi connectivity index (χ0v) is 14.8. The minimum Gasteiger partial charge on any atom is -0.335 e. The number of amides is 1. The zero-order valence-electron chi connectivity index (χ0n) is 14.8. The molecule has 0 radical (unpaired) electrons. The van der Waals surface area contributed by atoms with Gasteiger partial charge in [0.1, 0.15) is 5.82 Å². The number of carbonyl (C=O) groups excluding carboxylic acids is 1. The molecule has 0 fully saturated rings. The summed E-state index contributed by atoms with van der Waals surface area (Å²) in [4.78, 5) is 19.5. The standard InChI is InChI=1S/C21H23N3O/c1-3-18-14-24-11-10-17(13-20(24)22-18)21(25)23(2)19-9-8-15-6-4-5-7-16(15)12-19/h4-9,12,14,17H,3,10-11,13H2,1-2H3. The average molecular weight is 333 g/mol. The van der Waals surface area contributed by atoms with E-state index in [9.17, 15) is 4.79 Å². The lowest BCUT2D eigenvalue weighted by Crippen LogP contribution is -2.36. The maximum absolute atomic E-state index is 13.0. The molecule has 0 saturated carbocycles. The van der Waals surface area contributed by atoms with Crippen molar-refractivity contribution in [2.45, 2.75) is 32.7 Å². The van der Waals surface area contributed by atoms with Gasteiger partial charge < -0.3 is 9.47 Å². The van der Waals surface area contributed by atoms with E-state index in [4.69, 9.17) is 0 Å². The second kappa shape index (κ2) is 6.36. The van der Waals surface area contributed by atoms with Gasteiger partial charge >= 0.3 is 0 Å². The number of aryl methyl sites for hydroxylation is 2. The number of fused-ring (bicyclic) bond motifs is 2. The first-order valence-electron chi connectivity index (χ1n) is 8.97. The number of hydrogen-bond donors (Lipinski definition) is 0. The van der Waals surface area contributed by atoms with Crippen LogP contribution in [0.4, 0.5) is 5.69 Å². The van der Waals surface area contributed by atoms with Gasteiger partial charge in [-0.1, -0.05) is 37.3 Å².